The highest BCUT2D eigenvalue weighted by molar-refractivity contribution is 5.80. The van der Waals surface area contributed by atoms with E-state index in [9.17, 15) is 0 Å². The van der Waals surface area contributed by atoms with Gasteiger partial charge in [-0.2, -0.15) is 0 Å². The van der Waals surface area contributed by atoms with Gasteiger partial charge in [-0.3, -0.25) is 0 Å². The number of pyridine rings is 1. The predicted molar refractivity (Wildman–Crippen MR) is 146 cm³/mol. The van der Waals surface area contributed by atoms with Gasteiger partial charge in [-0.25, -0.2) is 9.67 Å². The number of aromatic nitrogens is 6. The van der Waals surface area contributed by atoms with E-state index in [0.717, 1.165) is 35.2 Å². The molecule has 0 aliphatic carbocycles. The van der Waals surface area contributed by atoms with Gasteiger partial charge in [-0.05, 0) is 87.5 Å². The summed E-state index contributed by atoms with van der Waals surface area (Å²) >= 11 is 0. The SMILES string of the molecule is CC(C)n1ccc2ccc(CC(C)n3nnc4ccc(CC(C)n5ccc6ccccc65)cc43)nc21. The molecule has 6 heteroatoms. The highest BCUT2D eigenvalue weighted by atomic mass is 15.4. The van der Waals surface area contributed by atoms with Crippen molar-refractivity contribution in [3.05, 3.63) is 90.4 Å². The summed E-state index contributed by atoms with van der Waals surface area (Å²) in [7, 11) is 0. The second kappa shape index (κ2) is 8.94. The lowest BCUT2D eigenvalue weighted by atomic mass is 10.1. The summed E-state index contributed by atoms with van der Waals surface area (Å²) < 4.78 is 6.66. The minimum Gasteiger partial charge on any atom is -0.344 e. The maximum Gasteiger partial charge on any atom is 0.140 e. The van der Waals surface area contributed by atoms with Gasteiger partial charge in [0.25, 0.3) is 0 Å². The van der Waals surface area contributed by atoms with Gasteiger partial charge in [0.2, 0.25) is 0 Å². The maximum atomic E-state index is 5.00. The fraction of sp³-hybridized carbons (Fsp3) is 0.300. The van der Waals surface area contributed by atoms with E-state index in [1.165, 1.54) is 21.9 Å². The van der Waals surface area contributed by atoms with Gasteiger partial charge >= 0.3 is 0 Å². The van der Waals surface area contributed by atoms with Crippen LogP contribution in [0.25, 0.3) is 33.0 Å². The van der Waals surface area contributed by atoms with Gasteiger partial charge < -0.3 is 9.13 Å². The molecule has 6 aromatic rings. The third-order valence-electron chi connectivity index (χ3n) is 7.27. The second-order valence-corrected chi connectivity index (χ2v) is 10.3. The Morgan fingerprint density at radius 1 is 0.722 bits per heavy atom. The van der Waals surface area contributed by atoms with Crippen molar-refractivity contribution in [2.24, 2.45) is 0 Å². The lowest BCUT2D eigenvalue weighted by molar-refractivity contribution is 0.484. The number of rotatable bonds is 7. The first-order valence-corrected chi connectivity index (χ1v) is 12.8. The summed E-state index contributed by atoms with van der Waals surface area (Å²) in [4.78, 5) is 5.00. The molecule has 0 saturated carbocycles. The summed E-state index contributed by atoms with van der Waals surface area (Å²) in [5.41, 5.74) is 6.70. The fourth-order valence-electron chi connectivity index (χ4n) is 5.35. The monoisotopic (exact) mass is 476 g/mol. The highest BCUT2D eigenvalue weighted by Crippen LogP contribution is 2.26. The minimum atomic E-state index is 0.142. The Balaban J connectivity index is 1.26. The van der Waals surface area contributed by atoms with E-state index >= 15 is 0 Å². The Kier molecular flexibility index (Phi) is 5.59. The van der Waals surface area contributed by atoms with Crippen molar-refractivity contribution in [3.8, 4) is 0 Å². The zero-order chi connectivity index (χ0) is 24.8. The van der Waals surface area contributed by atoms with Gasteiger partial charge in [0.15, 0.2) is 0 Å². The zero-order valence-electron chi connectivity index (χ0n) is 21.3. The van der Waals surface area contributed by atoms with Crippen molar-refractivity contribution in [2.45, 2.75) is 58.7 Å². The Morgan fingerprint density at radius 3 is 2.39 bits per heavy atom. The molecular formula is C30H32N6. The molecule has 0 amide bonds. The molecule has 0 aliphatic rings. The van der Waals surface area contributed by atoms with E-state index in [0.29, 0.717) is 12.1 Å². The molecule has 4 heterocycles. The molecule has 0 saturated heterocycles. The highest BCUT2D eigenvalue weighted by Gasteiger charge is 2.16. The molecular weight excluding hydrogens is 444 g/mol. The van der Waals surface area contributed by atoms with Crippen molar-refractivity contribution in [1.82, 2.24) is 29.1 Å². The summed E-state index contributed by atoms with van der Waals surface area (Å²) in [6, 6.07) is 24.6. The van der Waals surface area contributed by atoms with Crippen LogP contribution in [0.5, 0.6) is 0 Å². The second-order valence-electron chi connectivity index (χ2n) is 10.3. The van der Waals surface area contributed by atoms with Gasteiger partial charge in [-0.1, -0.05) is 29.5 Å². The summed E-state index contributed by atoms with van der Waals surface area (Å²) in [5.74, 6) is 0. The molecule has 6 rings (SSSR count). The minimum absolute atomic E-state index is 0.142. The number of benzene rings is 2. The lowest BCUT2D eigenvalue weighted by Crippen LogP contribution is -2.12. The van der Waals surface area contributed by atoms with Gasteiger partial charge in [0, 0.05) is 47.5 Å². The molecule has 2 aromatic carbocycles. The molecule has 6 nitrogen and oxygen atoms in total. The normalized spacial score (nSPS) is 13.8. The lowest BCUT2D eigenvalue weighted by Gasteiger charge is -2.16. The number of para-hydroxylation sites is 1. The van der Waals surface area contributed by atoms with Crippen molar-refractivity contribution >= 4 is 33.0 Å². The van der Waals surface area contributed by atoms with Crippen molar-refractivity contribution < 1.29 is 0 Å². The average molecular weight is 477 g/mol. The largest absolute Gasteiger partial charge is 0.344 e. The number of hydrogen-bond donors (Lipinski definition) is 0. The molecule has 0 bridgehead atoms. The molecule has 182 valence electrons. The molecule has 2 unspecified atom stereocenters. The van der Waals surface area contributed by atoms with Crippen LogP contribution in [0, 0.1) is 0 Å². The van der Waals surface area contributed by atoms with Crippen LogP contribution in [0.2, 0.25) is 0 Å². The standard InChI is InChI=1S/C30H32N6/c1-20(2)34-15-14-25-10-11-26(31-30(25)34)18-22(4)36-29-19-23(9-12-27(29)32-33-36)17-21(3)35-16-13-24-7-5-6-8-28(24)35/h5-16,19-22H,17-18H2,1-4H3. The molecule has 0 radical (unpaired) electrons. The van der Waals surface area contributed by atoms with E-state index in [-0.39, 0.29) is 6.04 Å². The number of fused-ring (bicyclic) bond motifs is 3. The quantitative estimate of drug-likeness (QED) is 0.251. The van der Waals surface area contributed by atoms with Gasteiger partial charge in [-0.15, -0.1) is 5.10 Å². The third kappa shape index (κ3) is 3.96. The molecule has 0 fully saturated rings. The van der Waals surface area contributed by atoms with Crippen LogP contribution in [0.15, 0.2) is 79.1 Å². The Labute approximate surface area is 211 Å². The summed E-state index contributed by atoms with van der Waals surface area (Å²) in [5, 5.41) is 11.4. The van der Waals surface area contributed by atoms with Crippen LogP contribution in [0.1, 0.15) is 57.1 Å². The third-order valence-corrected chi connectivity index (χ3v) is 7.27. The van der Waals surface area contributed by atoms with Gasteiger partial charge in [0.05, 0.1) is 11.6 Å². The molecule has 0 spiro atoms. The Hall–Kier alpha value is -3.93. The van der Waals surface area contributed by atoms with Crippen LogP contribution in [-0.4, -0.2) is 29.1 Å². The van der Waals surface area contributed by atoms with E-state index < -0.39 is 0 Å². The molecule has 36 heavy (non-hydrogen) atoms. The first-order valence-electron chi connectivity index (χ1n) is 12.8. The van der Waals surface area contributed by atoms with Crippen molar-refractivity contribution in [2.75, 3.05) is 0 Å². The molecule has 0 N–H and O–H groups in total. The first-order chi connectivity index (χ1) is 17.5. The summed E-state index contributed by atoms with van der Waals surface area (Å²) in [6.07, 6.45) is 6.06. The van der Waals surface area contributed by atoms with E-state index in [4.69, 9.17) is 4.98 Å². The van der Waals surface area contributed by atoms with Crippen LogP contribution >= 0.6 is 0 Å². The maximum absolute atomic E-state index is 5.00. The van der Waals surface area contributed by atoms with Crippen LogP contribution in [0.3, 0.4) is 0 Å². The van der Waals surface area contributed by atoms with Gasteiger partial charge in [0.1, 0.15) is 11.2 Å². The first kappa shape index (κ1) is 22.5. The average Bonchev–Trinajstić information content (AvgIpc) is 3.60. The fourth-order valence-corrected chi connectivity index (χ4v) is 5.35. The van der Waals surface area contributed by atoms with Crippen LogP contribution in [-0.2, 0) is 12.8 Å². The van der Waals surface area contributed by atoms with E-state index in [1.807, 2.05) is 0 Å². The number of nitrogens with zero attached hydrogens (tertiary/aromatic N) is 6. The predicted octanol–water partition coefficient (Wildman–Crippen LogP) is 6.92. The molecule has 4 aromatic heterocycles. The molecule has 2 atom stereocenters. The Morgan fingerprint density at radius 2 is 1.53 bits per heavy atom. The topological polar surface area (TPSA) is 53.5 Å². The molecule has 0 aliphatic heterocycles. The van der Waals surface area contributed by atoms with E-state index in [1.54, 1.807) is 0 Å². The van der Waals surface area contributed by atoms with Crippen molar-refractivity contribution in [3.63, 3.8) is 0 Å². The smallest absolute Gasteiger partial charge is 0.140 e. The Bertz CT molecular complexity index is 1670. The van der Waals surface area contributed by atoms with Crippen LogP contribution < -0.4 is 0 Å². The van der Waals surface area contributed by atoms with Crippen LogP contribution in [0.4, 0.5) is 0 Å². The van der Waals surface area contributed by atoms with Crippen molar-refractivity contribution in [1.29, 1.82) is 0 Å². The van der Waals surface area contributed by atoms with E-state index in [2.05, 4.69) is 131 Å². The summed E-state index contributed by atoms with van der Waals surface area (Å²) in [6.45, 7) is 8.86. The number of hydrogen-bond acceptors (Lipinski definition) is 3. The zero-order valence-corrected chi connectivity index (χ0v) is 21.3.